The van der Waals surface area contributed by atoms with Crippen molar-refractivity contribution in [1.82, 2.24) is 45.4 Å². The Morgan fingerprint density at radius 3 is 2.69 bits per heavy atom. The number of rotatable bonds is 9. The van der Waals surface area contributed by atoms with Crippen molar-refractivity contribution in [3.05, 3.63) is 58.2 Å². The van der Waals surface area contributed by atoms with Crippen molar-refractivity contribution < 1.29 is 14.2 Å². The molecule has 5 rings (SSSR count). The Morgan fingerprint density at radius 2 is 2.00 bits per heavy atom. The lowest BCUT2D eigenvalue weighted by Crippen LogP contribution is -2.31. The topological polar surface area (TPSA) is 167 Å². The van der Waals surface area contributed by atoms with Crippen molar-refractivity contribution in [2.75, 3.05) is 25.9 Å². The van der Waals surface area contributed by atoms with Gasteiger partial charge in [0.05, 0.1) is 31.3 Å². The molecule has 1 aliphatic rings. The van der Waals surface area contributed by atoms with Gasteiger partial charge in [0, 0.05) is 17.8 Å². The first-order valence-corrected chi connectivity index (χ1v) is 12.7. The van der Waals surface area contributed by atoms with E-state index in [1.165, 1.54) is 11.1 Å². The van der Waals surface area contributed by atoms with E-state index in [9.17, 15) is 4.79 Å². The highest BCUT2D eigenvalue weighted by atomic mass is 16.6. The fourth-order valence-electron chi connectivity index (χ4n) is 4.67. The maximum atomic E-state index is 13.1. The molecule has 0 unspecified atom stereocenters. The Bertz CT molecular complexity index is 1480. The summed E-state index contributed by atoms with van der Waals surface area (Å²) in [5, 5.41) is 24.4. The fourth-order valence-corrected chi connectivity index (χ4v) is 4.67. The summed E-state index contributed by atoms with van der Waals surface area (Å²) in [7, 11) is 1.63. The molecule has 14 nitrogen and oxygen atoms in total. The summed E-state index contributed by atoms with van der Waals surface area (Å²) in [5.41, 5.74) is 12.8. The highest BCUT2D eigenvalue weighted by Gasteiger charge is 2.26. The van der Waals surface area contributed by atoms with E-state index in [1.54, 1.807) is 13.3 Å². The summed E-state index contributed by atoms with van der Waals surface area (Å²) in [5.74, 6) is 0.478. The number of hydrogen-bond donors (Lipinski definition) is 2. The molecule has 3 aromatic heterocycles. The molecule has 0 aliphatic carbocycles. The van der Waals surface area contributed by atoms with Crippen molar-refractivity contribution in [2.24, 2.45) is 5.10 Å². The summed E-state index contributed by atoms with van der Waals surface area (Å²) < 4.78 is 13.6. The van der Waals surface area contributed by atoms with Gasteiger partial charge in [0.25, 0.3) is 5.91 Å². The first kappa shape index (κ1) is 26.0. The number of benzene rings is 1. The highest BCUT2D eigenvalue weighted by molar-refractivity contribution is 5.94. The Hall–Kier alpha value is -4.59. The molecule has 4 heterocycles. The minimum absolute atomic E-state index is 0.0561. The third kappa shape index (κ3) is 5.80. The number of nitrogens with one attached hydrogen (secondary N) is 1. The number of aryl methyl sites for hydroxylation is 2. The second-order valence-electron chi connectivity index (χ2n) is 9.46. The van der Waals surface area contributed by atoms with Gasteiger partial charge in [-0.05, 0) is 79.9 Å². The van der Waals surface area contributed by atoms with E-state index in [0.717, 1.165) is 54.2 Å². The number of carbonyl (C=O) groups is 1. The van der Waals surface area contributed by atoms with E-state index in [0.29, 0.717) is 18.8 Å². The van der Waals surface area contributed by atoms with E-state index in [4.69, 9.17) is 15.1 Å². The van der Waals surface area contributed by atoms with E-state index in [2.05, 4.69) is 41.2 Å². The minimum atomic E-state index is -0.504. The third-order valence-electron chi connectivity index (χ3n) is 6.60. The molecule has 1 aromatic carbocycles. The number of anilines is 1. The molecule has 0 spiro atoms. The summed E-state index contributed by atoms with van der Waals surface area (Å²) in [6.07, 6.45) is 4.93. The van der Waals surface area contributed by atoms with Crippen LogP contribution in [0.3, 0.4) is 0 Å². The van der Waals surface area contributed by atoms with Crippen LogP contribution in [0.5, 0.6) is 5.75 Å². The van der Waals surface area contributed by atoms with E-state index < -0.39 is 5.91 Å². The van der Waals surface area contributed by atoms with Gasteiger partial charge in [0.1, 0.15) is 5.75 Å². The van der Waals surface area contributed by atoms with Crippen LogP contribution in [0.25, 0.3) is 5.82 Å². The SMILES string of the molecule is COc1ccc(C=NNC(=O)c2nnn(-c3nonc3N)c2CN2CCCCC2)cc1Cn1nc(C)cc1C. The normalized spacial score (nSPS) is 14.2. The van der Waals surface area contributed by atoms with Gasteiger partial charge in [0.2, 0.25) is 11.6 Å². The predicted molar refractivity (Wildman–Crippen MR) is 142 cm³/mol. The molecule has 3 N–H and O–H groups in total. The van der Waals surface area contributed by atoms with Crippen molar-refractivity contribution in [1.29, 1.82) is 0 Å². The molecule has 4 aromatic rings. The number of hydrazone groups is 1. The molecular formula is C25H31N11O3. The number of ether oxygens (including phenoxy) is 1. The molecule has 0 saturated carbocycles. The van der Waals surface area contributed by atoms with Gasteiger partial charge in [-0.2, -0.15) is 14.9 Å². The zero-order chi connectivity index (χ0) is 27.4. The number of nitrogen functional groups attached to an aromatic ring is 1. The summed E-state index contributed by atoms with van der Waals surface area (Å²) in [4.78, 5) is 15.4. The van der Waals surface area contributed by atoms with E-state index in [-0.39, 0.29) is 17.3 Å². The molecule has 1 amide bonds. The predicted octanol–water partition coefficient (Wildman–Crippen LogP) is 1.85. The minimum Gasteiger partial charge on any atom is -0.496 e. The maximum Gasteiger partial charge on any atom is 0.293 e. The number of nitrogens with zero attached hydrogens (tertiary/aromatic N) is 9. The number of piperidine rings is 1. The van der Waals surface area contributed by atoms with Crippen LogP contribution in [-0.4, -0.2) is 72.3 Å². The molecule has 1 fully saturated rings. The lowest BCUT2D eigenvalue weighted by molar-refractivity contribution is 0.0947. The van der Waals surface area contributed by atoms with Crippen LogP contribution in [0.15, 0.2) is 34.0 Å². The van der Waals surface area contributed by atoms with Crippen LogP contribution in [-0.2, 0) is 13.1 Å². The van der Waals surface area contributed by atoms with Gasteiger partial charge in [0.15, 0.2) is 5.69 Å². The summed E-state index contributed by atoms with van der Waals surface area (Å²) >= 11 is 0. The molecule has 1 aliphatic heterocycles. The van der Waals surface area contributed by atoms with Crippen LogP contribution in [0.1, 0.15) is 58.0 Å². The molecule has 1 saturated heterocycles. The molecule has 14 heteroatoms. The summed E-state index contributed by atoms with van der Waals surface area (Å²) in [6.45, 7) is 6.78. The second-order valence-corrected chi connectivity index (χ2v) is 9.46. The van der Waals surface area contributed by atoms with Crippen LogP contribution < -0.4 is 15.9 Å². The standard InChI is InChI=1S/C25H31N11O3/c1-16-11-17(2)35(30-16)14-19-12-18(7-8-21(19)38-3)13-27-29-25(37)22-20(15-34-9-5-4-6-10-34)36(33-28-22)24-23(26)31-39-32-24/h7-8,11-13H,4-6,9-10,14-15H2,1-3H3,(H2,26,31)(H,29,37). The maximum absolute atomic E-state index is 13.1. The molecule has 0 radical (unpaired) electrons. The molecular weight excluding hydrogens is 502 g/mol. The zero-order valence-electron chi connectivity index (χ0n) is 22.2. The van der Waals surface area contributed by atoms with E-state index in [1.807, 2.05) is 42.8 Å². The van der Waals surface area contributed by atoms with Crippen LogP contribution in [0.2, 0.25) is 0 Å². The lowest BCUT2D eigenvalue weighted by Gasteiger charge is -2.26. The van der Waals surface area contributed by atoms with Gasteiger partial charge >= 0.3 is 0 Å². The first-order valence-electron chi connectivity index (χ1n) is 12.7. The van der Waals surface area contributed by atoms with Crippen LogP contribution in [0, 0.1) is 13.8 Å². The molecule has 204 valence electrons. The van der Waals surface area contributed by atoms with Gasteiger partial charge in [-0.3, -0.25) is 14.4 Å². The van der Waals surface area contributed by atoms with Crippen molar-refractivity contribution in [3.8, 4) is 11.6 Å². The smallest absolute Gasteiger partial charge is 0.293 e. The van der Waals surface area contributed by atoms with Gasteiger partial charge in [-0.15, -0.1) is 5.10 Å². The Balaban J connectivity index is 1.34. The highest BCUT2D eigenvalue weighted by Crippen LogP contribution is 2.22. The fraction of sp³-hybridized carbons (Fsp3) is 0.400. The van der Waals surface area contributed by atoms with Gasteiger partial charge in [-0.25, -0.2) is 10.1 Å². The number of amides is 1. The molecule has 0 atom stereocenters. The Kier molecular flexibility index (Phi) is 7.63. The average Bonchev–Trinajstić information content (AvgIpc) is 3.62. The average molecular weight is 534 g/mol. The second kappa shape index (κ2) is 11.4. The Labute approximate surface area is 224 Å². The van der Waals surface area contributed by atoms with Crippen LogP contribution in [0.4, 0.5) is 5.82 Å². The number of carbonyl (C=O) groups excluding carboxylic acids is 1. The Morgan fingerprint density at radius 1 is 1.18 bits per heavy atom. The van der Waals surface area contributed by atoms with Crippen molar-refractivity contribution in [3.63, 3.8) is 0 Å². The monoisotopic (exact) mass is 533 g/mol. The van der Waals surface area contributed by atoms with Gasteiger partial charge in [-0.1, -0.05) is 11.6 Å². The lowest BCUT2D eigenvalue weighted by atomic mass is 10.1. The largest absolute Gasteiger partial charge is 0.496 e. The third-order valence-corrected chi connectivity index (χ3v) is 6.60. The molecule has 39 heavy (non-hydrogen) atoms. The van der Waals surface area contributed by atoms with Crippen molar-refractivity contribution in [2.45, 2.75) is 46.2 Å². The summed E-state index contributed by atoms with van der Waals surface area (Å²) in [6, 6.07) is 7.69. The number of hydrogen-bond acceptors (Lipinski definition) is 11. The quantitative estimate of drug-likeness (QED) is 0.239. The van der Waals surface area contributed by atoms with Crippen LogP contribution >= 0.6 is 0 Å². The number of nitrogens with two attached hydrogens (primary N) is 1. The number of likely N-dealkylation sites (tertiary alicyclic amines) is 1. The zero-order valence-corrected chi connectivity index (χ0v) is 22.2. The number of aromatic nitrogens is 7. The van der Waals surface area contributed by atoms with Crippen molar-refractivity contribution >= 4 is 17.9 Å². The first-order chi connectivity index (χ1) is 18.9. The van der Waals surface area contributed by atoms with E-state index >= 15 is 0 Å². The molecule has 0 bridgehead atoms. The number of methoxy groups -OCH3 is 1. The van der Waals surface area contributed by atoms with Gasteiger partial charge < -0.3 is 10.5 Å².